The fraction of sp³-hybridized carbons (Fsp3) is 0.850. The lowest BCUT2D eigenvalue weighted by molar-refractivity contribution is -0.240. The molecular formula is C20H30F4N2O4. The van der Waals surface area contributed by atoms with Crippen LogP contribution in [-0.2, 0) is 19.1 Å². The van der Waals surface area contributed by atoms with Gasteiger partial charge in [0.1, 0.15) is 11.9 Å². The van der Waals surface area contributed by atoms with Crippen molar-refractivity contribution in [3.05, 3.63) is 0 Å². The predicted molar refractivity (Wildman–Crippen MR) is 99.7 cm³/mol. The number of ether oxygens (including phenoxy) is 1. The number of carbonyl (C=O) groups excluding carboxylic acids is 3. The van der Waals surface area contributed by atoms with Gasteiger partial charge in [-0.2, -0.15) is 17.6 Å². The number of hydrogen-bond donors (Lipinski definition) is 0. The summed E-state index contributed by atoms with van der Waals surface area (Å²) in [5.41, 5.74) is -1.16. The Morgan fingerprint density at radius 2 is 1.63 bits per heavy atom. The van der Waals surface area contributed by atoms with Gasteiger partial charge >= 0.3 is 24.0 Å². The van der Waals surface area contributed by atoms with E-state index in [2.05, 4.69) is 0 Å². The summed E-state index contributed by atoms with van der Waals surface area (Å²) in [4.78, 5) is 37.6. The van der Waals surface area contributed by atoms with Crippen LogP contribution in [0.4, 0.5) is 17.6 Å². The van der Waals surface area contributed by atoms with Gasteiger partial charge < -0.3 is 9.53 Å². The molecule has 1 saturated carbocycles. The fourth-order valence-corrected chi connectivity index (χ4v) is 4.24. The maximum Gasteiger partial charge on any atom is 0.471 e. The predicted octanol–water partition coefficient (Wildman–Crippen LogP) is 3.44. The molecule has 1 aliphatic carbocycles. The van der Waals surface area contributed by atoms with Crippen LogP contribution in [0.15, 0.2) is 0 Å². The van der Waals surface area contributed by atoms with E-state index in [9.17, 15) is 27.6 Å². The van der Waals surface area contributed by atoms with E-state index in [1.165, 1.54) is 20.8 Å². The highest BCUT2D eigenvalue weighted by Gasteiger charge is 2.62. The second-order valence-corrected chi connectivity index (χ2v) is 9.20. The van der Waals surface area contributed by atoms with Crippen molar-refractivity contribution in [1.82, 2.24) is 9.80 Å². The van der Waals surface area contributed by atoms with E-state index in [0.717, 1.165) is 11.2 Å². The van der Waals surface area contributed by atoms with Crippen LogP contribution in [0.5, 0.6) is 0 Å². The molecule has 1 heterocycles. The molecule has 0 spiro atoms. The van der Waals surface area contributed by atoms with Crippen molar-refractivity contribution in [3.63, 3.8) is 0 Å². The quantitative estimate of drug-likeness (QED) is 0.285. The number of alkyl halides is 4. The van der Waals surface area contributed by atoms with E-state index in [1.54, 1.807) is 6.92 Å². The molecule has 0 bridgehead atoms. The molecule has 2 rings (SSSR count). The Hall–Kier alpha value is -1.71. The number of nitrogens with zero attached hydrogens (tertiary/aromatic N) is 2. The normalized spacial score (nSPS) is 27.9. The van der Waals surface area contributed by atoms with E-state index in [-0.39, 0.29) is 49.1 Å². The second kappa shape index (κ2) is 8.80. The third-order valence-corrected chi connectivity index (χ3v) is 5.71. The molecule has 6 nitrogen and oxygen atoms in total. The third kappa shape index (κ3) is 5.12. The van der Waals surface area contributed by atoms with Crippen LogP contribution in [0.25, 0.3) is 0 Å². The number of halogens is 4. The Labute approximate surface area is 173 Å². The number of aldehydes is 1. The van der Waals surface area contributed by atoms with Crippen molar-refractivity contribution in [2.45, 2.75) is 83.5 Å². The van der Waals surface area contributed by atoms with Crippen LogP contribution < -0.4 is 0 Å². The van der Waals surface area contributed by atoms with E-state index in [1.807, 2.05) is 0 Å². The van der Waals surface area contributed by atoms with Crippen molar-refractivity contribution in [1.29, 1.82) is 0 Å². The van der Waals surface area contributed by atoms with Crippen molar-refractivity contribution < 1.29 is 36.7 Å². The summed E-state index contributed by atoms with van der Waals surface area (Å²) < 4.78 is 62.3. The smallest absolute Gasteiger partial charge is 0.455 e. The minimum Gasteiger partial charge on any atom is -0.455 e. The molecule has 2 aliphatic rings. The maximum atomic E-state index is 16.5. The summed E-state index contributed by atoms with van der Waals surface area (Å²) in [6.07, 6.45) is -3.50. The van der Waals surface area contributed by atoms with E-state index >= 15 is 4.39 Å². The SMILES string of the molecule is C[C@H]1C[C@@H](N(C(=O)C(F)(F)F)C(F)(C(=O)OC(C)(C)C)N2CCCC2)CC[C@H]1C=O. The molecule has 1 aliphatic heterocycles. The van der Waals surface area contributed by atoms with Crippen LogP contribution in [0.2, 0.25) is 0 Å². The number of likely N-dealkylation sites (tertiary alicyclic amines) is 1. The van der Waals surface area contributed by atoms with Gasteiger partial charge in [0.05, 0.1) is 0 Å². The molecule has 172 valence electrons. The van der Waals surface area contributed by atoms with Gasteiger partial charge in [-0.3, -0.25) is 9.69 Å². The van der Waals surface area contributed by atoms with Gasteiger partial charge in [-0.05, 0) is 58.8 Å². The Bertz CT molecular complexity index is 658. The van der Waals surface area contributed by atoms with Gasteiger partial charge in [0.15, 0.2) is 0 Å². The minimum atomic E-state index is -5.37. The van der Waals surface area contributed by atoms with Crippen LogP contribution in [0, 0.1) is 11.8 Å². The highest BCUT2D eigenvalue weighted by Crippen LogP contribution is 2.40. The zero-order chi connectivity index (χ0) is 22.9. The summed E-state index contributed by atoms with van der Waals surface area (Å²) >= 11 is 0. The second-order valence-electron chi connectivity index (χ2n) is 9.20. The van der Waals surface area contributed by atoms with Gasteiger partial charge in [-0.1, -0.05) is 6.92 Å². The summed E-state index contributed by atoms with van der Waals surface area (Å²) in [6.45, 7) is 6.14. The van der Waals surface area contributed by atoms with E-state index in [4.69, 9.17) is 4.74 Å². The Morgan fingerprint density at radius 3 is 2.07 bits per heavy atom. The largest absolute Gasteiger partial charge is 0.471 e. The molecule has 10 heteroatoms. The number of carbonyl (C=O) groups is 3. The molecule has 0 aromatic carbocycles. The van der Waals surface area contributed by atoms with Crippen LogP contribution in [-0.4, -0.2) is 64.8 Å². The van der Waals surface area contributed by atoms with Crippen molar-refractivity contribution >= 4 is 18.2 Å². The van der Waals surface area contributed by atoms with Gasteiger partial charge in [-0.25, -0.2) is 9.69 Å². The van der Waals surface area contributed by atoms with E-state index in [0.29, 0.717) is 12.8 Å². The zero-order valence-corrected chi connectivity index (χ0v) is 17.8. The average Bonchev–Trinajstić information content (AvgIpc) is 3.14. The molecule has 0 aromatic rings. The number of hydrogen-bond acceptors (Lipinski definition) is 5. The Kier molecular flexibility index (Phi) is 7.21. The average molecular weight is 438 g/mol. The molecule has 0 N–H and O–H groups in total. The molecule has 1 amide bonds. The van der Waals surface area contributed by atoms with E-state index < -0.39 is 35.6 Å². The topological polar surface area (TPSA) is 66.9 Å². The summed E-state index contributed by atoms with van der Waals surface area (Å²) in [5.74, 6) is -8.06. The molecule has 4 atom stereocenters. The van der Waals surface area contributed by atoms with Gasteiger partial charge in [0.25, 0.3) is 0 Å². The maximum absolute atomic E-state index is 16.5. The van der Waals surface area contributed by atoms with Gasteiger partial charge in [0, 0.05) is 25.0 Å². The zero-order valence-electron chi connectivity index (χ0n) is 17.8. The van der Waals surface area contributed by atoms with Crippen LogP contribution in [0.1, 0.15) is 59.8 Å². The van der Waals surface area contributed by atoms with Crippen LogP contribution >= 0.6 is 0 Å². The van der Waals surface area contributed by atoms with Gasteiger partial charge in [-0.15, -0.1) is 0 Å². The van der Waals surface area contributed by atoms with Gasteiger partial charge in [0.2, 0.25) is 0 Å². The Balaban J connectivity index is 2.53. The highest BCUT2D eigenvalue weighted by molar-refractivity contribution is 5.89. The standard InChI is InChI=1S/C20H30F4N2O4/c1-13-11-15(8-7-14(13)12-27)26(16(28)19(21,22)23)20(24,25-9-5-6-10-25)17(29)30-18(2,3)4/h12-15H,5-11H2,1-4H3/t13-,14-,15-,20?/m0/s1. The molecule has 0 radical (unpaired) electrons. The molecular weight excluding hydrogens is 408 g/mol. The summed E-state index contributed by atoms with van der Waals surface area (Å²) in [6, 6.07) is -1.19. The molecule has 30 heavy (non-hydrogen) atoms. The molecule has 1 unspecified atom stereocenters. The van der Waals surface area contributed by atoms with Crippen molar-refractivity contribution in [3.8, 4) is 0 Å². The lowest BCUT2D eigenvalue weighted by atomic mass is 9.78. The summed E-state index contributed by atoms with van der Waals surface area (Å²) in [5, 5.41) is 0. The molecule has 1 saturated heterocycles. The third-order valence-electron chi connectivity index (χ3n) is 5.71. The molecule has 2 fully saturated rings. The minimum absolute atomic E-state index is 0.0160. The number of esters is 1. The first kappa shape index (κ1) is 24.6. The number of rotatable bonds is 5. The number of amides is 1. The Morgan fingerprint density at radius 1 is 1.07 bits per heavy atom. The first-order valence-electron chi connectivity index (χ1n) is 10.2. The highest BCUT2D eigenvalue weighted by atomic mass is 19.4. The monoisotopic (exact) mass is 438 g/mol. The molecule has 0 aromatic heterocycles. The van der Waals surface area contributed by atoms with Crippen molar-refractivity contribution in [2.75, 3.05) is 13.1 Å². The lowest BCUT2D eigenvalue weighted by Crippen LogP contribution is -2.69. The fourth-order valence-electron chi connectivity index (χ4n) is 4.24. The summed E-state index contributed by atoms with van der Waals surface area (Å²) in [7, 11) is 0. The lowest BCUT2D eigenvalue weighted by Gasteiger charge is -2.48. The van der Waals surface area contributed by atoms with Crippen LogP contribution in [0.3, 0.4) is 0 Å². The van der Waals surface area contributed by atoms with Crippen molar-refractivity contribution in [2.24, 2.45) is 11.8 Å². The first-order valence-corrected chi connectivity index (χ1v) is 10.2. The first-order chi connectivity index (χ1) is 13.7.